The number of hydrogen-bond donors (Lipinski definition) is 1. The minimum atomic E-state index is -4.68. The average molecular weight is 399 g/mol. The van der Waals surface area contributed by atoms with Gasteiger partial charge in [-0.1, -0.05) is 11.6 Å². The lowest BCUT2D eigenvalue weighted by Crippen LogP contribution is -2.15. The fraction of sp³-hybridized carbons (Fsp3) is 0.235. The number of carbonyl (C=O) groups excluding carboxylic acids is 1. The molecule has 2 aromatic heterocycles. The first kappa shape index (κ1) is 19.0. The molecular formula is C17H14ClF3N4O2. The molecule has 0 saturated heterocycles. The van der Waals surface area contributed by atoms with Gasteiger partial charge in [0.2, 0.25) is 0 Å². The van der Waals surface area contributed by atoms with E-state index in [-0.39, 0.29) is 22.1 Å². The maximum atomic E-state index is 13.2. The third-order valence-corrected chi connectivity index (χ3v) is 3.94. The number of anilines is 1. The summed E-state index contributed by atoms with van der Waals surface area (Å²) in [5.41, 5.74) is -1.13. The maximum absolute atomic E-state index is 13.2. The van der Waals surface area contributed by atoms with E-state index in [1.165, 1.54) is 6.92 Å². The Labute approximate surface area is 156 Å². The van der Waals surface area contributed by atoms with E-state index in [0.29, 0.717) is 22.6 Å². The van der Waals surface area contributed by atoms with Crippen LogP contribution in [0.1, 0.15) is 28.8 Å². The number of aromatic nitrogens is 3. The lowest BCUT2D eigenvalue weighted by atomic mass is 10.3. The summed E-state index contributed by atoms with van der Waals surface area (Å²) in [6.45, 7) is 3.74. The average Bonchev–Trinajstić information content (AvgIpc) is 2.92. The predicted molar refractivity (Wildman–Crippen MR) is 93.3 cm³/mol. The van der Waals surface area contributed by atoms with E-state index in [4.69, 9.17) is 16.3 Å². The molecule has 2 heterocycles. The summed E-state index contributed by atoms with van der Waals surface area (Å²) >= 11 is 6.08. The molecule has 27 heavy (non-hydrogen) atoms. The topological polar surface area (TPSA) is 68.5 Å². The van der Waals surface area contributed by atoms with Gasteiger partial charge in [-0.05, 0) is 44.2 Å². The number of alkyl halides is 3. The number of rotatable bonds is 4. The highest BCUT2D eigenvalue weighted by molar-refractivity contribution is 6.37. The van der Waals surface area contributed by atoms with Crippen molar-refractivity contribution in [2.24, 2.45) is 0 Å². The van der Waals surface area contributed by atoms with E-state index < -0.39 is 17.8 Å². The minimum absolute atomic E-state index is 0.107. The third-order valence-electron chi connectivity index (χ3n) is 3.59. The van der Waals surface area contributed by atoms with Crippen molar-refractivity contribution in [2.45, 2.75) is 20.0 Å². The van der Waals surface area contributed by atoms with Crippen LogP contribution in [0.3, 0.4) is 0 Å². The van der Waals surface area contributed by atoms with Crippen LogP contribution in [-0.4, -0.2) is 27.1 Å². The van der Waals surface area contributed by atoms with Crippen LogP contribution in [0.5, 0.6) is 5.75 Å². The molecular weight excluding hydrogens is 385 g/mol. The molecule has 1 aromatic carbocycles. The predicted octanol–water partition coefficient (Wildman–Crippen LogP) is 4.36. The standard InChI is InChI=1S/C17H14ClF3N4O2/c1-3-27-11-6-4-10(5-7-11)23-16(26)14-13(18)15-22-9(2)8-12(17(19,20)21)25(15)24-14/h4-8H,3H2,1-2H3,(H,23,26). The molecule has 0 aliphatic carbocycles. The van der Waals surface area contributed by atoms with E-state index in [9.17, 15) is 18.0 Å². The minimum Gasteiger partial charge on any atom is -0.494 e. The van der Waals surface area contributed by atoms with Gasteiger partial charge in [0.25, 0.3) is 5.91 Å². The zero-order valence-corrected chi connectivity index (χ0v) is 15.0. The first-order chi connectivity index (χ1) is 12.7. The molecule has 0 aliphatic heterocycles. The first-order valence-corrected chi connectivity index (χ1v) is 8.25. The second-order valence-electron chi connectivity index (χ2n) is 5.59. The van der Waals surface area contributed by atoms with Crippen LogP contribution in [0.4, 0.5) is 18.9 Å². The molecule has 0 spiro atoms. The van der Waals surface area contributed by atoms with Crippen molar-refractivity contribution in [3.63, 3.8) is 0 Å². The Hall–Kier alpha value is -2.81. The van der Waals surface area contributed by atoms with Crippen LogP contribution in [0, 0.1) is 6.92 Å². The molecule has 3 rings (SSSR count). The van der Waals surface area contributed by atoms with Crippen molar-refractivity contribution in [3.05, 3.63) is 52.4 Å². The van der Waals surface area contributed by atoms with Gasteiger partial charge in [-0.3, -0.25) is 4.79 Å². The smallest absolute Gasteiger partial charge is 0.433 e. The molecule has 142 valence electrons. The number of fused-ring (bicyclic) bond motifs is 1. The number of hydrogen-bond acceptors (Lipinski definition) is 4. The van der Waals surface area contributed by atoms with Gasteiger partial charge in [-0.15, -0.1) is 0 Å². The maximum Gasteiger partial charge on any atom is 0.433 e. The van der Waals surface area contributed by atoms with E-state index in [2.05, 4.69) is 15.4 Å². The van der Waals surface area contributed by atoms with E-state index >= 15 is 0 Å². The van der Waals surface area contributed by atoms with Crippen LogP contribution < -0.4 is 10.1 Å². The number of carbonyl (C=O) groups is 1. The second kappa shape index (κ2) is 7.07. The number of halogens is 4. The Bertz CT molecular complexity index is 1000. The molecule has 0 fully saturated rings. The van der Waals surface area contributed by atoms with Gasteiger partial charge in [0.15, 0.2) is 11.3 Å². The van der Waals surface area contributed by atoms with E-state index in [0.717, 1.165) is 6.07 Å². The van der Waals surface area contributed by atoms with Gasteiger partial charge >= 0.3 is 6.18 Å². The molecule has 0 aliphatic rings. The van der Waals surface area contributed by atoms with Crippen molar-refractivity contribution in [3.8, 4) is 5.75 Å². The molecule has 6 nitrogen and oxygen atoms in total. The second-order valence-corrected chi connectivity index (χ2v) is 5.97. The van der Waals surface area contributed by atoms with Gasteiger partial charge in [0.1, 0.15) is 16.5 Å². The summed E-state index contributed by atoms with van der Waals surface area (Å²) in [6, 6.07) is 7.32. The van der Waals surface area contributed by atoms with Gasteiger partial charge in [-0.2, -0.15) is 18.3 Å². The quantitative estimate of drug-likeness (QED) is 0.709. The summed E-state index contributed by atoms with van der Waals surface area (Å²) in [6.07, 6.45) is -4.68. The Morgan fingerprint density at radius 2 is 1.96 bits per heavy atom. The number of ether oxygens (including phenoxy) is 1. The van der Waals surface area contributed by atoms with Crippen LogP contribution >= 0.6 is 11.6 Å². The van der Waals surface area contributed by atoms with Crippen molar-refractivity contribution in [2.75, 3.05) is 11.9 Å². The van der Waals surface area contributed by atoms with Gasteiger partial charge in [0.05, 0.1) is 6.61 Å². The molecule has 10 heteroatoms. The lowest BCUT2D eigenvalue weighted by molar-refractivity contribution is -0.142. The van der Waals surface area contributed by atoms with Crippen LogP contribution in [0.25, 0.3) is 5.65 Å². The largest absolute Gasteiger partial charge is 0.494 e. The van der Waals surface area contributed by atoms with Gasteiger partial charge in [0, 0.05) is 11.4 Å². The molecule has 0 bridgehead atoms. The monoisotopic (exact) mass is 398 g/mol. The number of aryl methyl sites for hydroxylation is 1. The zero-order valence-electron chi connectivity index (χ0n) is 14.3. The highest BCUT2D eigenvalue weighted by Gasteiger charge is 2.36. The summed E-state index contributed by atoms with van der Waals surface area (Å²) < 4.78 is 45.6. The van der Waals surface area contributed by atoms with E-state index in [1.807, 2.05) is 6.92 Å². The highest BCUT2D eigenvalue weighted by Crippen LogP contribution is 2.32. The van der Waals surface area contributed by atoms with Gasteiger partial charge < -0.3 is 10.1 Å². The third kappa shape index (κ3) is 3.82. The first-order valence-electron chi connectivity index (χ1n) is 7.88. The van der Waals surface area contributed by atoms with Crippen LogP contribution in [-0.2, 0) is 6.18 Å². The number of benzene rings is 1. The van der Waals surface area contributed by atoms with Crippen molar-refractivity contribution in [1.29, 1.82) is 0 Å². The molecule has 0 atom stereocenters. The number of nitrogens with one attached hydrogen (secondary N) is 1. The Kier molecular flexibility index (Phi) is 4.97. The molecule has 0 unspecified atom stereocenters. The van der Waals surface area contributed by atoms with Crippen molar-refractivity contribution >= 4 is 28.8 Å². The SMILES string of the molecule is CCOc1ccc(NC(=O)c2nn3c(C(F)(F)F)cc(C)nc3c2Cl)cc1. The van der Waals surface area contributed by atoms with Crippen molar-refractivity contribution in [1.82, 2.24) is 14.6 Å². The molecule has 1 N–H and O–H groups in total. The molecule has 1 amide bonds. The molecule has 0 radical (unpaired) electrons. The summed E-state index contributed by atoms with van der Waals surface area (Å²) in [5.74, 6) is -0.129. The van der Waals surface area contributed by atoms with Crippen molar-refractivity contribution < 1.29 is 22.7 Å². The number of amides is 1. The van der Waals surface area contributed by atoms with Crippen LogP contribution in [0.2, 0.25) is 5.02 Å². The fourth-order valence-electron chi connectivity index (χ4n) is 2.45. The normalized spacial score (nSPS) is 11.6. The molecule has 3 aromatic rings. The zero-order chi connectivity index (χ0) is 19.8. The Morgan fingerprint density at radius 3 is 2.56 bits per heavy atom. The van der Waals surface area contributed by atoms with E-state index in [1.54, 1.807) is 24.3 Å². The fourth-order valence-corrected chi connectivity index (χ4v) is 2.70. The van der Waals surface area contributed by atoms with Crippen LogP contribution in [0.15, 0.2) is 30.3 Å². The van der Waals surface area contributed by atoms with Gasteiger partial charge in [-0.25, -0.2) is 9.50 Å². The lowest BCUT2D eigenvalue weighted by Gasteiger charge is -2.09. The summed E-state index contributed by atoms with van der Waals surface area (Å²) in [5, 5.41) is 6.01. The highest BCUT2D eigenvalue weighted by atomic mass is 35.5. The Balaban J connectivity index is 1.96. The summed E-state index contributed by atoms with van der Waals surface area (Å²) in [4.78, 5) is 16.4. The Morgan fingerprint density at radius 1 is 1.30 bits per heavy atom. The number of nitrogens with zero attached hydrogens (tertiary/aromatic N) is 3. The molecule has 0 saturated carbocycles. The summed E-state index contributed by atoms with van der Waals surface area (Å²) in [7, 11) is 0.